The van der Waals surface area contributed by atoms with Crippen LogP contribution in [-0.2, 0) is 4.74 Å². The Labute approximate surface area is 108 Å². The first-order valence-corrected chi connectivity index (χ1v) is 6.40. The van der Waals surface area contributed by atoms with Crippen LogP contribution in [0.2, 0.25) is 0 Å². The number of morpholine rings is 1. The van der Waals surface area contributed by atoms with E-state index in [1.54, 1.807) is 0 Å². The van der Waals surface area contributed by atoms with E-state index in [-0.39, 0.29) is 11.9 Å². The predicted octanol–water partition coefficient (Wildman–Crippen LogP) is 1.81. The number of ether oxygens (including phenoxy) is 1. The van der Waals surface area contributed by atoms with Crippen molar-refractivity contribution in [1.82, 2.24) is 10.2 Å². The molecular formula is C14H21FN2O. The van der Waals surface area contributed by atoms with Crippen LogP contribution in [0.25, 0.3) is 0 Å². The van der Waals surface area contributed by atoms with E-state index in [0.717, 1.165) is 31.7 Å². The van der Waals surface area contributed by atoms with E-state index in [2.05, 4.69) is 24.3 Å². The van der Waals surface area contributed by atoms with E-state index in [0.29, 0.717) is 6.04 Å². The van der Waals surface area contributed by atoms with Gasteiger partial charge < -0.3 is 15.0 Å². The summed E-state index contributed by atoms with van der Waals surface area (Å²) in [5.74, 6) is -0.185. The number of rotatable bonds is 4. The van der Waals surface area contributed by atoms with Crippen molar-refractivity contribution in [3.05, 3.63) is 35.6 Å². The van der Waals surface area contributed by atoms with Gasteiger partial charge in [0.05, 0.1) is 13.2 Å². The first kappa shape index (κ1) is 13.5. The molecule has 2 rings (SSSR count). The second-order valence-electron chi connectivity index (χ2n) is 4.99. The van der Waals surface area contributed by atoms with E-state index in [9.17, 15) is 4.39 Å². The number of hydrogen-bond donors (Lipinski definition) is 1. The number of nitrogens with one attached hydrogen (secondary N) is 1. The van der Waals surface area contributed by atoms with Crippen molar-refractivity contribution in [2.75, 3.05) is 33.9 Å². The van der Waals surface area contributed by atoms with Crippen molar-refractivity contribution >= 4 is 0 Å². The summed E-state index contributed by atoms with van der Waals surface area (Å²) in [4.78, 5) is 2.17. The third-order valence-corrected chi connectivity index (χ3v) is 3.38. The van der Waals surface area contributed by atoms with Crippen molar-refractivity contribution in [2.24, 2.45) is 0 Å². The highest BCUT2D eigenvalue weighted by Crippen LogP contribution is 2.24. The van der Waals surface area contributed by atoms with E-state index in [4.69, 9.17) is 4.74 Å². The molecule has 0 saturated carbocycles. The van der Waals surface area contributed by atoms with Gasteiger partial charge in [-0.3, -0.25) is 0 Å². The normalized spacial score (nSPS) is 22.1. The molecule has 0 aliphatic carbocycles. The molecule has 0 bridgehead atoms. The fraction of sp³-hybridized carbons (Fsp3) is 0.571. The van der Waals surface area contributed by atoms with Crippen LogP contribution in [0.5, 0.6) is 0 Å². The Bertz CT molecular complexity index is 361. The standard InChI is InChI=1S/C14H21FN2O/c1-17(2)14(9-13-10-18-8-7-16-13)11-3-5-12(15)6-4-11/h3-6,13-14,16H,7-10H2,1-2H3. The van der Waals surface area contributed by atoms with Crippen LogP contribution in [0.4, 0.5) is 4.39 Å². The zero-order valence-corrected chi connectivity index (χ0v) is 11.0. The van der Waals surface area contributed by atoms with Gasteiger partial charge in [0.15, 0.2) is 0 Å². The van der Waals surface area contributed by atoms with Gasteiger partial charge in [0.2, 0.25) is 0 Å². The largest absolute Gasteiger partial charge is 0.379 e. The molecule has 1 saturated heterocycles. The molecule has 1 aliphatic heterocycles. The topological polar surface area (TPSA) is 24.5 Å². The molecule has 1 heterocycles. The smallest absolute Gasteiger partial charge is 0.123 e. The Kier molecular flexibility index (Phi) is 4.69. The van der Waals surface area contributed by atoms with E-state index in [1.165, 1.54) is 12.1 Å². The lowest BCUT2D eigenvalue weighted by Crippen LogP contribution is -2.43. The Morgan fingerprint density at radius 2 is 2.11 bits per heavy atom. The molecule has 1 aromatic carbocycles. The lowest BCUT2D eigenvalue weighted by atomic mass is 9.98. The average molecular weight is 252 g/mol. The number of halogens is 1. The van der Waals surface area contributed by atoms with E-state index < -0.39 is 0 Å². The summed E-state index contributed by atoms with van der Waals surface area (Å²) in [5.41, 5.74) is 1.15. The third-order valence-electron chi connectivity index (χ3n) is 3.38. The van der Waals surface area contributed by atoms with Crippen LogP contribution >= 0.6 is 0 Å². The zero-order chi connectivity index (χ0) is 13.0. The van der Waals surface area contributed by atoms with Crippen LogP contribution in [0.15, 0.2) is 24.3 Å². The van der Waals surface area contributed by atoms with Crippen molar-refractivity contribution in [3.63, 3.8) is 0 Å². The van der Waals surface area contributed by atoms with Gasteiger partial charge in [-0.1, -0.05) is 12.1 Å². The number of nitrogens with zero attached hydrogens (tertiary/aromatic N) is 1. The van der Waals surface area contributed by atoms with Crippen molar-refractivity contribution in [1.29, 1.82) is 0 Å². The van der Waals surface area contributed by atoms with Gasteiger partial charge in [-0.2, -0.15) is 0 Å². The molecule has 4 heteroatoms. The van der Waals surface area contributed by atoms with Crippen molar-refractivity contribution in [2.45, 2.75) is 18.5 Å². The quantitative estimate of drug-likeness (QED) is 0.884. The summed E-state index contributed by atoms with van der Waals surface area (Å²) in [5, 5.41) is 3.46. The minimum atomic E-state index is -0.185. The molecule has 0 amide bonds. The molecule has 2 atom stereocenters. The molecule has 3 nitrogen and oxygen atoms in total. The lowest BCUT2D eigenvalue weighted by Gasteiger charge is -2.31. The highest BCUT2D eigenvalue weighted by atomic mass is 19.1. The number of benzene rings is 1. The zero-order valence-electron chi connectivity index (χ0n) is 11.0. The minimum absolute atomic E-state index is 0.185. The molecule has 18 heavy (non-hydrogen) atoms. The maximum atomic E-state index is 13.0. The Morgan fingerprint density at radius 1 is 1.39 bits per heavy atom. The maximum Gasteiger partial charge on any atom is 0.123 e. The molecule has 100 valence electrons. The Hall–Kier alpha value is -0.970. The lowest BCUT2D eigenvalue weighted by molar-refractivity contribution is 0.0648. The SMILES string of the molecule is CN(C)C(CC1COCCN1)c1ccc(F)cc1. The van der Waals surface area contributed by atoms with Gasteiger partial charge >= 0.3 is 0 Å². The molecule has 2 unspecified atom stereocenters. The summed E-state index contributed by atoms with van der Waals surface area (Å²) >= 11 is 0. The van der Waals surface area contributed by atoms with Gasteiger partial charge in [0, 0.05) is 18.6 Å². The first-order valence-electron chi connectivity index (χ1n) is 6.40. The monoisotopic (exact) mass is 252 g/mol. The van der Waals surface area contributed by atoms with Gasteiger partial charge in [-0.15, -0.1) is 0 Å². The summed E-state index contributed by atoms with van der Waals surface area (Å²) in [6.07, 6.45) is 0.971. The van der Waals surface area contributed by atoms with Gasteiger partial charge in [-0.05, 0) is 38.2 Å². The molecule has 0 radical (unpaired) electrons. The second kappa shape index (κ2) is 6.27. The Balaban J connectivity index is 2.05. The predicted molar refractivity (Wildman–Crippen MR) is 70.1 cm³/mol. The van der Waals surface area contributed by atoms with Crippen LogP contribution < -0.4 is 5.32 Å². The van der Waals surface area contributed by atoms with E-state index in [1.807, 2.05) is 12.1 Å². The van der Waals surface area contributed by atoms with Gasteiger partial charge in [0.25, 0.3) is 0 Å². The average Bonchev–Trinajstić information content (AvgIpc) is 2.38. The van der Waals surface area contributed by atoms with Crippen molar-refractivity contribution in [3.8, 4) is 0 Å². The van der Waals surface area contributed by atoms with Crippen LogP contribution in [-0.4, -0.2) is 44.8 Å². The van der Waals surface area contributed by atoms with E-state index >= 15 is 0 Å². The molecule has 1 aromatic rings. The summed E-state index contributed by atoms with van der Waals surface area (Å²) in [6, 6.07) is 7.43. The number of hydrogen-bond acceptors (Lipinski definition) is 3. The molecule has 1 fully saturated rings. The van der Waals surface area contributed by atoms with Gasteiger partial charge in [0.1, 0.15) is 5.82 Å². The molecule has 0 spiro atoms. The highest BCUT2D eigenvalue weighted by Gasteiger charge is 2.21. The molecule has 1 aliphatic rings. The molecule has 0 aromatic heterocycles. The molecule has 1 N–H and O–H groups in total. The first-order chi connectivity index (χ1) is 8.66. The fourth-order valence-corrected chi connectivity index (χ4v) is 2.37. The van der Waals surface area contributed by atoms with Gasteiger partial charge in [-0.25, -0.2) is 4.39 Å². The van der Waals surface area contributed by atoms with Crippen LogP contribution in [0.3, 0.4) is 0 Å². The van der Waals surface area contributed by atoms with Crippen molar-refractivity contribution < 1.29 is 9.13 Å². The highest BCUT2D eigenvalue weighted by molar-refractivity contribution is 5.20. The Morgan fingerprint density at radius 3 is 2.67 bits per heavy atom. The summed E-state index contributed by atoms with van der Waals surface area (Å²) < 4.78 is 18.4. The van der Waals surface area contributed by atoms with Crippen LogP contribution in [0.1, 0.15) is 18.0 Å². The van der Waals surface area contributed by atoms with Crippen LogP contribution in [0, 0.1) is 5.82 Å². The maximum absolute atomic E-state index is 13.0. The third kappa shape index (κ3) is 3.51. The fourth-order valence-electron chi connectivity index (χ4n) is 2.37. The molecular weight excluding hydrogens is 231 g/mol. The summed E-state index contributed by atoms with van der Waals surface area (Å²) in [6.45, 7) is 2.46. The minimum Gasteiger partial charge on any atom is -0.379 e. The summed E-state index contributed by atoms with van der Waals surface area (Å²) in [7, 11) is 4.11. The second-order valence-corrected chi connectivity index (χ2v) is 4.99.